The Balaban J connectivity index is 1.88. The van der Waals surface area contributed by atoms with E-state index in [1.807, 2.05) is 61.5 Å². The summed E-state index contributed by atoms with van der Waals surface area (Å²) >= 11 is 6.46. The molecule has 0 radical (unpaired) electrons. The molecule has 1 atom stereocenters. The van der Waals surface area contributed by atoms with E-state index >= 15 is 0 Å². The lowest BCUT2D eigenvalue weighted by Crippen LogP contribution is -2.45. The minimum atomic E-state index is -1.07. The van der Waals surface area contributed by atoms with E-state index in [4.69, 9.17) is 12.2 Å². The van der Waals surface area contributed by atoms with E-state index < -0.39 is 12.0 Å². The molecule has 3 rings (SSSR count). The van der Waals surface area contributed by atoms with E-state index in [2.05, 4.69) is 0 Å². The number of carboxylic acid groups (broad SMARTS) is 1. The SMILES string of the molecule is Cc1cccc(/C=C2\SC(=S)N([C@H](Cc3ccccc3)C(=O)O)C2=O)c1. The number of hydrogen-bond acceptors (Lipinski definition) is 4. The number of nitrogens with zero attached hydrogens (tertiary/aromatic N) is 1. The number of thioether (sulfide) groups is 1. The van der Waals surface area contributed by atoms with Gasteiger partial charge in [0.05, 0.1) is 4.91 Å². The Morgan fingerprint density at radius 3 is 2.62 bits per heavy atom. The van der Waals surface area contributed by atoms with E-state index in [1.165, 1.54) is 4.90 Å². The first kappa shape index (κ1) is 18.4. The molecule has 0 bridgehead atoms. The highest BCUT2D eigenvalue weighted by molar-refractivity contribution is 8.26. The van der Waals surface area contributed by atoms with Crippen LogP contribution >= 0.6 is 24.0 Å². The summed E-state index contributed by atoms with van der Waals surface area (Å²) in [5, 5.41) is 9.66. The molecule has 0 aliphatic carbocycles. The lowest BCUT2D eigenvalue weighted by molar-refractivity contribution is -0.145. The zero-order valence-electron chi connectivity index (χ0n) is 14.1. The molecule has 1 saturated heterocycles. The third-order valence-corrected chi connectivity index (χ3v) is 5.36. The molecule has 1 fully saturated rings. The predicted octanol–water partition coefficient (Wildman–Crippen LogP) is 3.89. The van der Waals surface area contributed by atoms with Gasteiger partial charge < -0.3 is 5.11 Å². The Bertz CT molecular complexity index is 893. The summed E-state index contributed by atoms with van der Waals surface area (Å²) < 4.78 is 0.275. The molecule has 132 valence electrons. The lowest BCUT2D eigenvalue weighted by Gasteiger charge is -2.23. The van der Waals surface area contributed by atoms with Crippen molar-refractivity contribution in [1.29, 1.82) is 0 Å². The van der Waals surface area contributed by atoms with Gasteiger partial charge in [0, 0.05) is 6.42 Å². The maximum absolute atomic E-state index is 12.8. The first-order chi connectivity index (χ1) is 12.5. The van der Waals surface area contributed by atoms with Crippen molar-refractivity contribution in [2.45, 2.75) is 19.4 Å². The number of carbonyl (C=O) groups is 2. The number of thiocarbonyl (C=S) groups is 1. The molecule has 6 heteroatoms. The predicted molar refractivity (Wildman–Crippen MR) is 108 cm³/mol. The molecule has 1 amide bonds. The highest BCUT2D eigenvalue weighted by atomic mass is 32.2. The summed E-state index contributed by atoms with van der Waals surface area (Å²) in [5.41, 5.74) is 2.82. The average Bonchev–Trinajstić information content (AvgIpc) is 2.87. The van der Waals surface area contributed by atoms with Crippen molar-refractivity contribution in [1.82, 2.24) is 4.90 Å². The minimum absolute atomic E-state index is 0.209. The number of aliphatic carboxylic acids is 1. The number of amides is 1. The Labute approximate surface area is 161 Å². The molecule has 0 unspecified atom stereocenters. The number of carboxylic acids is 1. The van der Waals surface area contributed by atoms with Crippen LogP contribution in [-0.2, 0) is 16.0 Å². The normalized spacial score (nSPS) is 17.0. The van der Waals surface area contributed by atoms with Gasteiger partial charge in [0.25, 0.3) is 5.91 Å². The van der Waals surface area contributed by atoms with Gasteiger partial charge in [0.2, 0.25) is 0 Å². The van der Waals surface area contributed by atoms with Crippen molar-refractivity contribution in [2.75, 3.05) is 0 Å². The van der Waals surface area contributed by atoms with Crippen LogP contribution in [0.25, 0.3) is 6.08 Å². The number of benzene rings is 2. The monoisotopic (exact) mass is 383 g/mol. The third kappa shape index (κ3) is 4.03. The van der Waals surface area contributed by atoms with Crippen molar-refractivity contribution in [2.24, 2.45) is 0 Å². The molecule has 1 aliphatic rings. The molecular formula is C20H17NO3S2. The molecule has 0 spiro atoms. The van der Waals surface area contributed by atoms with Gasteiger partial charge in [-0.3, -0.25) is 9.69 Å². The van der Waals surface area contributed by atoms with E-state index in [9.17, 15) is 14.7 Å². The molecule has 2 aromatic carbocycles. The van der Waals surface area contributed by atoms with E-state index in [1.54, 1.807) is 6.08 Å². The van der Waals surface area contributed by atoms with Gasteiger partial charge in [0.1, 0.15) is 10.4 Å². The van der Waals surface area contributed by atoms with Gasteiger partial charge in [-0.1, -0.05) is 84.1 Å². The number of rotatable bonds is 5. The summed E-state index contributed by atoms with van der Waals surface area (Å²) in [6.45, 7) is 1.98. The standard InChI is InChI=1S/C20H17NO3S2/c1-13-6-5-9-15(10-13)12-17-18(22)21(20(25)26-17)16(19(23)24)11-14-7-3-2-4-8-14/h2-10,12,16H,11H2,1H3,(H,23,24)/b17-12-/t16-/m1/s1. The van der Waals surface area contributed by atoms with E-state index in [-0.39, 0.29) is 16.6 Å². The van der Waals surface area contributed by atoms with Crippen molar-refractivity contribution >= 4 is 46.3 Å². The van der Waals surface area contributed by atoms with Gasteiger partial charge in [-0.05, 0) is 24.1 Å². The molecule has 0 aromatic heterocycles. The van der Waals surface area contributed by atoms with Gasteiger partial charge >= 0.3 is 5.97 Å². The first-order valence-corrected chi connectivity index (χ1v) is 9.28. The highest BCUT2D eigenvalue weighted by Gasteiger charge is 2.40. The van der Waals surface area contributed by atoms with Crippen molar-refractivity contribution < 1.29 is 14.7 Å². The Morgan fingerprint density at radius 1 is 1.23 bits per heavy atom. The quantitative estimate of drug-likeness (QED) is 0.627. The van der Waals surface area contributed by atoms with Crippen molar-refractivity contribution in [3.8, 4) is 0 Å². The van der Waals surface area contributed by atoms with Crippen LogP contribution in [0, 0.1) is 6.92 Å². The van der Waals surface area contributed by atoms with Crippen LogP contribution in [0.3, 0.4) is 0 Å². The zero-order chi connectivity index (χ0) is 18.7. The third-order valence-electron chi connectivity index (χ3n) is 4.03. The van der Waals surface area contributed by atoms with Crippen LogP contribution in [0.15, 0.2) is 59.5 Å². The lowest BCUT2D eigenvalue weighted by atomic mass is 10.0. The maximum atomic E-state index is 12.8. The summed E-state index contributed by atoms with van der Waals surface area (Å²) in [4.78, 5) is 26.3. The second-order valence-electron chi connectivity index (χ2n) is 6.01. The number of hydrogen-bond donors (Lipinski definition) is 1. The maximum Gasteiger partial charge on any atom is 0.327 e. The van der Waals surface area contributed by atoms with Crippen molar-refractivity contribution in [3.63, 3.8) is 0 Å². The molecule has 4 nitrogen and oxygen atoms in total. The molecular weight excluding hydrogens is 366 g/mol. The second kappa shape index (κ2) is 7.85. The fraction of sp³-hybridized carbons (Fsp3) is 0.150. The minimum Gasteiger partial charge on any atom is -0.480 e. The molecule has 1 N–H and O–H groups in total. The van der Waals surface area contributed by atoms with Gasteiger partial charge in [-0.15, -0.1) is 0 Å². The Morgan fingerprint density at radius 2 is 1.96 bits per heavy atom. The van der Waals surface area contributed by atoms with Crippen LogP contribution in [0.1, 0.15) is 16.7 Å². The summed E-state index contributed by atoms with van der Waals surface area (Å²) in [6, 6.07) is 16.0. The van der Waals surface area contributed by atoms with E-state index in [0.717, 1.165) is 28.5 Å². The van der Waals surface area contributed by atoms with Crippen LogP contribution < -0.4 is 0 Å². The van der Waals surface area contributed by atoms with Crippen LogP contribution in [0.4, 0.5) is 0 Å². The second-order valence-corrected chi connectivity index (χ2v) is 7.69. The number of aryl methyl sites for hydroxylation is 1. The topological polar surface area (TPSA) is 57.6 Å². The molecule has 1 heterocycles. The fourth-order valence-corrected chi connectivity index (χ4v) is 4.14. The van der Waals surface area contributed by atoms with Gasteiger partial charge in [-0.2, -0.15) is 0 Å². The smallest absolute Gasteiger partial charge is 0.327 e. The van der Waals surface area contributed by atoms with Crippen LogP contribution in [-0.4, -0.2) is 32.2 Å². The van der Waals surface area contributed by atoms with Gasteiger partial charge in [-0.25, -0.2) is 4.79 Å². The molecule has 2 aromatic rings. The van der Waals surface area contributed by atoms with Crippen LogP contribution in [0.5, 0.6) is 0 Å². The fourth-order valence-electron chi connectivity index (χ4n) is 2.79. The largest absolute Gasteiger partial charge is 0.480 e. The summed E-state index contributed by atoms with van der Waals surface area (Å²) in [6.07, 6.45) is 1.97. The Kier molecular flexibility index (Phi) is 5.54. The highest BCUT2D eigenvalue weighted by Crippen LogP contribution is 2.34. The molecule has 1 aliphatic heterocycles. The zero-order valence-corrected chi connectivity index (χ0v) is 15.7. The molecule has 26 heavy (non-hydrogen) atoms. The molecule has 0 saturated carbocycles. The summed E-state index contributed by atoms with van der Waals surface area (Å²) in [5.74, 6) is -1.42. The van der Waals surface area contributed by atoms with E-state index in [0.29, 0.717) is 4.91 Å². The Hall–Kier alpha value is -2.44. The number of carbonyl (C=O) groups excluding carboxylic acids is 1. The first-order valence-electron chi connectivity index (χ1n) is 8.06. The van der Waals surface area contributed by atoms with Crippen molar-refractivity contribution in [3.05, 3.63) is 76.2 Å². The average molecular weight is 383 g/mol. The van der Waals surface area contributed by atoms with Gasteiger partial charge in [0.15, 0.2) is 0 Å². The summed E-state index contributed by atoms with van der Waals surface area (Å²) in [7, 11) is 0. The van der Waals surface area contributed by atoms with Crippen LogP contribution in [0.2, 0.25) is 0 Å².